The Morgan fingerprint density at radius 2 is 2.00 bits per heavy atom. The van der Waals surface area contributed by atoms with Crippen molar-refractivity contribution < 1.29 is 9.84 Å². The summed E-state index contributed by atoms with van der Waals surface area (Å²) in [5, 5.41) is 14.5. The number of thiophene rings is 1. The summed E-state index contributed by atoms with van der Waals surface area (Å²) in [7, 11) is 4.14. The van der Waals surface area contributed by atoms with Gasteiger partial charge in [-0.3, -0.25) is 4.90 Å². The molecular weight excluding hydrogens is 284 g/mol. The van der Waals surface area contributed by atoms with Gasteiger partial charge < -0.3 is 14.7 Å². The van der Waals surface area contributed by atoms with Crippen LogP contribution in [-0.4, -0.2) is 66.9 Å². The van der Waals surface area contributed by atoms with E-state index in [1.807, 2.05) is 20.8 Å². The van der Waals surface area contributed by atoms with Crippen molar-refractivity contribution in [3.63, 3.8) is 0 Å². The van der Waals surface area contributed by atoms with Crippen LogP contribution in [0, 0.1) is 0 Å². The van der Waals surface area contributed by atoms with Crippen LogP contribution >= 0.6 is 11.3 Å². The molecule has 0 fully saturated rings. The second-order valence-electron chi connectivity index (χ2n) is 6.75. The summed E-state index contributed by atoms with van der Waals surface area (Å²) >= 11 is 1.71. The van der Waals surface area contributed by atoms with Gasteiger partial charge in [-0.05, 0) is 57.3 Å². The monoisotopic (exact) mass is 314 g/mol. The first-order valence-corrected chi connectivity index (χ1v) is 8.41. The lowest BCUT2D eigenvalue weighted by Gasteiger charge is -2.28. The van der Waals surface area contributed by atoms with Gasteiger partial charge in [-0.1, -0.05) is 0 Å². The molecule has 1 aromatic rings. The molecule has 1 atom stereocenters. The zero-order chi connectivity index (χ0) is 15.9. The number of ether oxygens (including phenoxy) is 1. The molecule has 0 radical (unpaired) electrons. The standard InChI is InChI=1S/C16H30N2O2S/c1-16(2,3)20-12-15(19)11-18(8-7-17(4)5)10-14-6-9-21-13-14/h6,9,13,15,19H,7-8,10-12H2,1-5H3. The molecule has 1 N–H and O–H groups in total. The predicted octanol–water partition coefficient (Wildman–Crippen LogP) is 2.29. The van der Waals surface area contributed by atoms with Crippen LogP contribution < -0.4 is 0 Å². The Kier molecular flexibility index (Phi) is 7.84. The average Bonchev–Trinajstić information content (AvgIpc) is 2.85. The molecule has 0 amide bonds. The highest BCUT2D eigenvalue weighted by molar-refractivity contribution is 7.07. The Hall–Kier alpha value is -0.460. The fourth-order valence-corrected chi connectivity index (χ4v) is 2.57. The van der Waals surface area contributed by atoms with E-state index in [1.165, 1.54) is 5.56 Å². The highest BCUT2D eigenvalue weighted by Gasteiger charge is 2.17. The quantitative estimate of drug-likeness (QED) is 0.759. The highest BCUT2D eigenvalue weighted by atomic mass is 32.1. The van der Waals surface area contributed by atoms with Gasteiger partial charge in [0, 0.05) is 26.2 Å². The van der Waals surface area contributed by atoms with Crippen molar-refractivity contribution in [2.75, 3.05) is 40.3 Å². The average molecular weight is 314 g/mol. The molecule has 1 heterocycles. The van der Waals surface area contributed by atoms with Crippen molar-refractivity contribution >= 4 is 11.3 Å². The molecule has 0 saturated heterocycles. The second-order valence-corrected chi connectivity index (χ2v) is 7.53. The van der Waals surface area contributed by atoms with Gasteiger partial charge in [0.05, 0.1) is 18.3 Å². The maximum atomic E-state index is 10.2. The number of hydrogen-bond donors (Lipinski definition) is 1. The maximum Gasteiger partial charge on any atom is 0.0900 e. The van der Waals surface area contributed by atoms with Crippen molar-refractivity contribution in [2.45, 2.75) is 39.0 Å². The first kappa shape index (κ1) is 18.6. The number of rotatable bonds is 9. The van der Waals surface area contributed by atoms with Crippen molar-refractivity contribution in [3.8, 4) is 0 Å². The third-order valence-corrected chi connectivity index (χ3v) is 3.76. The lowest BCUT2D eigenvalue weighted by molar-refractivity contribution is -0.0568. The van der Waals surface area contributed by atoms with E-state index >= 15 is 0 Å². The van der Waals surface area contributed by atoms with Crippen LogP contribution in [0.5, 0.6) is 0 Å². The molecule has 21 heavy (non-hydrogen) atoms. The minimum absolute atomic E-state index is 0.206. The first-order chi connectivity index (χ1) is 9.76. The van der Waals surface area contributed by atoms with Crippen LogP contribution in [-0.2, 0) is 11.3 Å². The molecule has 0 aliphatic carbocycles. The number of aliphatic hydroxyl groups is 1. The van der Waals surface area contributed by atoms with E-state index in [0.717, 1.165) is 19.6 Å². The summed E-state index contributed by atoms with van der Waals surface area (Å²) in [6.07, 6.45) is -0.454. The largest absolute Gasteiger partial charge is 0.389 e. The van der Waals surface area contributed by atoms with Crippen molar-refractivity contribution in [1.29, 1.82) is 0 Å². The van der Waals surface area contributed by atoms with Gasteiger partial charge in [-0.2, -0.15) is 11.3 Å². The van der Waals surface area contributed by atoms with Gasteiger partial charge in [0.15, 0.2) is 0 Å². The molecule has 4 nitrogen and oxygen atoms in total. The Labute approximate surface area is 133 Å². The normalized spacial score (nSPS) is 14.1. The topological polar surface area (TPSA) is 35.9 Å². The van der Waals surface area contributed by atoms with Gasteiger partial charge in [0.2, 0.25) is 0 Å². The molecule has 0 bridgehead atoms. The number of nitrogens with zero attached hydrogens (tertiary/aromatic N) is 2. The van der Waals surface area contributed by atoms with Crippen LogP contribution in [0.1, 0.15) is 26.3 Å². The van der Waals surface area contributed by atoms with Crippen molar-refractivity contribution in [1.82, 2.24) is 9.80 Å². The molecule has 0 spiro atoms. The van der Waals surface area contributed by atoms with Gasteiger partial charge in [-0.15, -0.1) is 0 Å². The molecule has 1 aromatic heterocycles. The fraction of sp³-hybridized carbons (Fsp3) is 0.750. The number of likely N-dealkylation sites (N-methyl/N-ethyl adjacent to an activating group) is 1. The summed E-state index contributed by atoms with van der Waals surface area (Å²) in [4.78, 5) is 4.46. The molecule has 0 aromatic carbocycles. The molecular formula is C16H30N2O2S. The van der Waals surface area contributed by atoms with Crippen LogP contribution in [0.15, 0.2) is 16.8 Å². The van der Waals surface area contributed by atoms with E-state index in [2.05, 4.69) is 40.7 Å². The third-order valence-electron chi connectivity index (χ3n) is 3.03. The molecule has 5 heteroatoms. The Morgan fingerprint density at radius 1 is 1.29 bits per heavy atom. The van der Waals surface area contributed by atoms with Crippen molar-refractivity contribution in [3.05, 3.63) is 22.4 Å². The molecule has 0 saturated carbocycles. The van der Waals surface area contributed by atoms with E-state index in [4.69, 9.17) is 4.74 Å². The van der Waals surface area contributed by atoms with E-state index in [-0.39, 0.29) is 5.60 Å². The molecule has 0 aliphatic rings. The summed E-state index contributed by atoms with van der Waals surface area (Å²) in [6.45, 7) is 9.85. The highest BCUT2D eigenvalue weighted by Crippen LogP contribution is 2.11. The van der Waals surface area contributed by atoms with E-state index < -0.39 is 6.10 Å². The van der Waals surface area contributed by atoms with Gasteiger partial charge in [0.25, 0.3) is 0 Å². The van der Waals surface area contributed by atoms with E-state index in [9.17, 15) is 5.11 Å². The van der Waals surface area contributed by atoms with Gasteiger partial charge >= 0.3 is 0 Å². The number of aliphatic hydroxyl groups excluding tert-OH is 1. The number of hydrogen-bond acceptors (Lipinski definition) is 5. The van der Waals surface area contributed by atoms with Crippen molar-refractivity contribution in [2.24, 2.45) is 0 Å². The fourth-order valence-electron chi connectivity index (χ4n) is 1.91. The third kappa shape index (κ3) is 9.22. The van der Waals surface area contributed by atoms with Crippen LogP contribution in [0.2, 0.25) is 0 Å². The van der Waals surface area contributed by atoms with Crippen LogP contribution in [0.4, 0.5) is 0 Å². The van der Waals surface area contributed by atoms with Gasteiger partial charge in [-0.25, -0.2) is 0 Å². The maximum absolute atomic E-state index is 10.2. The van der Waals surface area contributed by atoms with E-state index in [1.54, 1.807) is 11.3 Å². The van der Waals surface area contributed by atoms with Gasteiger partial charge in [0.1, 0.15) is 0 Å². The molecule has 1 rings (SSSR count). The minimum atomic E-state index is -0.454. The summed E-state index contributed by atoms with van der Waals surface area (Å²) in [5.41, 5.74) is 1.10. The second kappa shape index (κ2) is 8.86. The first-order valence-electron chi connectivity index (χ1n) is 7.46. The Balaban J connectivity index is 2.47. The Bertz CT molecular complexity index is 374. The zero-order valence-corrected chi connectivity index (χ0v) is 14.8. The summed E-state index contributed by atoms with van der Waals surface area (Å²) in [5.74, 6) is 0. The smallest absolute Gasteiger partial charge is 0.0900 e. The van der Waals surface area contributed by atoms with Crippen LogP contribution in [0.25, 0.3) is 0 Å². The SMILES string of the molecule is CN(C)CCN(Cc1ccsc1)CC(O)COC(C)(C)C. The van der Waals surface area contributed by atoms with E-state index in [0.29, 0.717) is 13.2 Å². The minimum Gasteiger partial charge on any atom is -0.389 e. The summed E-state index contributed by atoms with van der Waals surface area (Å²) < 4.78 is 5.67. The predicted molar refractivity (Wildman–Crippen MR) is 89.9 cm³/mol. The zero-order valence-electron chi connectivity index (χ0n) is 14.0. The lowest BCUT2D eigenvalue weighted by atomic mass is 10.2. The lowest BCUT2D eigenvalue weighted by Crippen LogP contribution is -2.39. The molecule has 122 valence electrons. The summed E-state index contributed by atoms with van der Waals surface area (Å²) in [6, 6.07) is 2.14. The Morgan fingerprint density at radius 3 is 2.52 bits per heavy atom. The van der Waals surface area contributed by atoms with Crippen LogP contribution in [0.3, 0.4) is 0 Å². The molecule has 0 aliphatic heterocycles. The molecule has 1 unspecified atom stereocenters.